The fraction of sp³-hybridized carbons (Fsp3) is 0.455. The number of hydrogen-bond donors (Lipinski definition) is 1. The van der Waals surface area contributed by atoms with Crippen molar-refractivity contribution in [1.29, 1.82) is 0 Å². The Labute approximate surface area is 118 Å². The molecule has 2 aromatic heterocycles. The van der Waals surface area contributed by atoms with Crippen molar-refractivity contribution < 1.29 is 10.0 Å². The van der Waals surface area contributed by atoms with E-state index in [0.29, 0.717) is 29.5 Å². The third-order valence-electron chi connectivity index (χ3n) is 3.25. The van der Waals surface area contributed by atoms with E-state index < -0.39 is 11.0 Å². The topological polar surface area (TPSA) is 97.3 Å². The minimum absolute atomic E-state index is 0.0406. The zero-order chi connectivity index (χ0) is 14.3. The van der Waals surface area contributed by atoms with Gasteiger partial charge in [0.2, 0.25) is 0 Å². The number of fused-ring (bicyclic) bond motifs is 1. The lowest BCUT2D eigenvalue weighted by atomic mass is 10.3. The van der Waals surface area contributed by atoms with E-state index in [-0.39, 0.29) is 5.69 Å². The zero-order valence-corrected chi connectivity index (χ0v) is 11.6. The average Bonchev–Trinajstić information content (AvgIpc) is 3.04. The van der Waals surface area contributed by atoms with Gasteiger partial charge in [0, 0.05) is 24.0 Å². The lowest BCUT2D eigenvalue weighted by Gasteiger charge is -2.27. The van der Waals surface area contributed by atoms with Crippen molar-refractivity contribution in [3.8, 4) is 0 Å². The van der Waals surface area contributed by atoms with E-state index in [1.54, 1.807) is 13.3 Å². The molecule has 0 radical (unpaired) electrons. The molecule has 1 aliphatic rings. The van der Waals surface area contributed by atoms with Crippen LogP contribution in [0, 0.1) is 10.1 Å². The largest absolute Gasteiger partial charge is 0.388 e. The molecule has 106 valence electrons. The monoisotopic (exact) mass is 295 g/mol. The first-order valence-corrected chi connectivity index (χ1v) is 6.95. The summed E-state index contributed by atoms with van der Waals surface area (Å²) >= 11 is 1.26. The molecule has 0 bridgehead atoms. The second-order valence-corrected chi connectivity index (χ2v) is 5.70. The van der Waals surface area contributed by atoms with Crippen LogP contribution >= 0.6 is 11.3 Å². The van der Waals surface area contributed by atoms with Crippen LogP contribution in [0.1, 0.15) is 23.7 Å². The van der Waals surface area contributed by atoms with Crippen LogP contribution in [-0.2, 0) is 13.1 Å². The quantitative estimate of drug-likeness (QED) is 0.677. The molecule has 0 aliphatic carbocycles. The van der Waals surface area contributed by atoms with Crippen LogP contribution in [0.5, 0.6) is 0 Å². The predicted molar refractivity (Wildman–Crippen MR) is 72.7 cm³/mol. The van der Waals surface area contributed by atoms with E-state index in [9.17, 15) is 15.2 Å². The molecule has 1 N–H and O–H groups in total. The van der Waals surface area contributed by atoms with Crippen LogP contribution in [0.15, 0.2) is 12.4 Å². The summed E-state index contributed by atoms with van der Waals surface area (Å²) in [4.78, 5) is 13.3. The van der Waals surface area contributed by atoms with E-state index in [2.05, 4.69) is 10.2 Å². The number of thiophene rings is 1. The van der Waals surface area contributed by atoms with Crippen molar-refractivity contribution in [2.45, 2.75) is 26.1 Å². The van der Waals surface area contributed by atoms with Gasteiger partial charge < -0.3 is 14.6 Å². The second kappa shape index (κ2) is 4.84. The van der Waals surface area contributed by atoms with Crippen molar-refractivity contribution in [2.75, 3.05) is 11.4 Å². The maximum Gasteiger partial charge on any atom is 0.304 e. The molecule has 0 saturated heterocycles. The van der Waals surface area contributed by atoms with Crippen LogP contribution in [0.2, 0.25) is 0 Å². The van der Waals surface area contributed by atoms with Crippen LogP contribution in [0.4, 0.5) is 10.7 Å². The number of rotatable bonds is 3. The fourth-order valence-corrected chi connectivity index (χ4v) is 3.28. The van der Waals surface area contributed by atoms with Gasteiger partial charge in [0.1, 0.15) is 6.33 Å². The SMILES string of the molecule is C[C@@H](O)c1cc([N+](=O)[O-])c(N2CCn3cnnc3C2)s1. The second-order valence-electron chi connectivity index (χ2n) is 4.63. The lowest BCUT2D eigenvalue weighted by Crippen LogP contribution is -2.33. The number of nitro groups is 1. The highest BCUT2D eigenvalue weighted by Gasteiger charge is 2.28. The number of aromatic nitrogens is 3. The summed E-state index contributed by atoms with van der Waals surface area (Å²) in [7, 11) is 0. The van der Waals surface area contributed by atoms with Gasteiger partial charge in [-0.2, -0.15) is 0 Å². The highest BCUT2D eigenvalue weighted by molar-refractivity contribution is 7.16. The minimum Gasteiger partial charge on any atom is -0.388 e. The zero-order valence-electron chi connectivity index (χ0n) is 10.8. The maximum atomic E-state index is 11.2. The van der Waals surface area contributed by atoms with Crippen LogP contribution in [-0.4, -0.2) is 31.3 Å². The molecule has 0 saturated carbocycles. The molecule has 0 spiro atoms. The molecule has 9 heteroatoms. The molecule has 3 heterocycles. The van der Waals surface area contributed by atoms with Crippen molar-refractivity contribution in [3.05, 3.63) is 33.2 Å². The Hall–Kier alpha value is -2.00. The van der Waals surface area contributed by atoms with Crippen LogP contribution in [0.3, 0.4) is 0 Å². The molecular formula is C11H13N5O3S. The Morgan fingerprint density at radius 1 is 1.55 bits per heavy atom. The van der Waals surface area contributed by atoms with Gasteiger partial charge in [-0.1, -0.05) is 0 Å². The summed E-state index contributed by atoms with van der Waals surface area (Å²) in [5, 5.41) is 29.2. The Bertz CT molecular complexity index is 650. The van der Waals surface area contributed by atoms with E-state index in [0.717, 1.165) is 5.82 Å². The van der Waals surface area contributed by atoms with E-state index in [1.165, 1.54) is 17.4 Å². The van der Waals surface area contributed by atoms with Crippen molar-refractivity contribution in [1.82, 2.24) is 14.8 Å². The molecule has 1 aliphatic heterocycles. The summed E-state index contributed by atoms with van der Waals surface area (Å²) in [6.07, 6.45) is 0.956. The molecule has 3 rings (SSSR count). The maximum absolute atomic E-state index is 11.2. The first-order chi connectivity index (χ1) is 9.56. The molecule has 0 aromatic carbocycles. The standard InChI is InChI=1S/C11H13N5O3S/c1-7(17)9-4-8(16(18)19)11(20-9)14-2-3-15-6-12-13-10(15)5-14/h4,6-7,17H,2-3,5H2,1H3/t7-/m1/s1. The van der Waals surface area contributed by atoms with Gasteiger partial charge in [-0.3, -0.25) is 10.1 Å². The number of aliphatic hydroxyl groups excluding tert-OH is 1. The highest BCUT2D eigenvalue weighted by atomic mass is 32.1. The normalized spacial score (nSPS) is 16.0. The number of hydrogen-bond acceptors (Lipinski definition) is 7. The molecule has 20 heavy (non-hydrogen) atoms. The molecule has 0 amide bonds. The van der Waals surface area contributed by atoms with Gasteiger partial charge in [0.25, 0.3) is 0 Å². The van der Waals surface area contributed by atoms with Crippen molar-refractivity contribution >= 4 is 22.0 Å². The lowest BCUT2D eigenvalue weighted by molar-refractivity contribution is -0.383. The van der Waals surface area contributed by atoms with Gasteiger partial charge >= 0.3 is 5.69 Å². The van der Waals surface area contributed by atoms with Gasteiger partial charge in [0.15, 0.2) is 10.8 Å². The fourth-order valence-electron chi connectivity index (χ4n) is 2.19. The van der Waals surface area contributed by atoms with E-state index in [4.69, 9.17) is 0 Å². The van der Waals surface area contributed by atoms with Crippen LogP contribution in [0.25, 0.3) is 0 Å². The molecule has 2 aromatic rings. The molecular weight excluding hydrogens is 282 g/mol. The number of anilines is 1. The first-order valence-electron chi connectivity index (χ1n) is 6.14. The van der Waals surface area contributed by atoms with Crippen molar-refractivity contribution in [3.63, 3.8) is 0 Å². The Kier molecular flexibility index (Phi) is 3.14. The number of aliphatic hydroxyl groups is 1. The Morgan fingerprint density at radius 3 is 3.05 bits per heavy atom. The molecule has 0 fully saturated rings. The summed E-state index contributed by atoms with van der Waals surface area (Å²) in [5.41, 5.74) is 0.0406. The third-order valence-corrected chi connectivity index (χ3v) is 4.60. The van der Waals surface area contributed by atoms with Gasteiger partial charge in [-0.25, -0.2) is 0 Å². The van der Waals surface area contributed by atoms with Gasteiger partial charge in [-0.15, -0.1) is 21.5 Å². The summed E-state index contributed by atoms with van der Waals surface area (Å²) in [6, 6.07) is 1.45. The molecule has 1 atom stereocenters. The third kappa shape index (κ3) is 2.14. The van der Waals surface area contributed by atoms with Gasteiger partial charge in [0.05, 0.1) is 17.6 Å². The average molecular weight is 295 g/mol. The van der Waals surface area contributed by atoms with Crippen molar-refractivity contribution in [2.24, 2.45) is 0 Å². The number of nitrogens with zero attached hydrogens (tertiary/aromatic N) is 5. The van der Waals surface area contributed by atoms with Gasteiger partial charge in [-0.05, 0) is 6.92 Å². The molecule has 8 nitrogen and oxygen atoms in total. The Balaban J connectivity index is 1.96. The summed E-state index contributed by atoms with van der Waals surface area (Å²) < 4.78 is 1.94. The summed E-state index contributed by atoms with van der Waals surface area (Å²) in [5.74, 6) is 0.789. The highest BCUT2D eigenvalue weighted by Crippen LogP contribution is 2.41. The van der Waals surface area contributed by atoms with E-state index in [1.807, 2.05) is 9.47 Å². The smallest absolute Gasteiger partial charge is 0.304 e. The predicted octanol–water partition coefficient (Wildman–Crippen LogP) is 1.32. The molecule has 0 unspecified atom stereocenters. The van der Waals surface area contributed by atoms with E-state index >= 15 is 0 Å². The summed E-state index contributed by atoms with van der Waals surface area (Å²) in [6.45, 7) is 3.44. The Morgan fingerprint density at radius 2 is 2.35 bits per heavy atom. The van der Waals surface area contributed by atoms with Crippen LogP contribution < -0.4 is 4.90 Å². The minimum atomic E-state index is -0.708. The first kappa shape index (κ1) is 13.0.